The van der Waals surface area contributed by atoms with E-state index in [0.29, 0.717) is 35.9 Å². The first-order valence-corrected chi connectivity index (χ1v) is 25.5. The zero-order valence-corrected chi connectivity index (χ0v) is 47.1. The van der Waals surface area contributed by atoms with E-state index in [1.807, 2.05) is 162 Å². The van der Waals surface area contributed by atoms with Crippen LogP contribution in [0.25, 0.3) is 0 Å². The molecule has 2 aliphatic rings. The van der Waals surface area contributed by atoms with Crippen LogP contribution in [0.4, 0.5) is 4.79 Å². The van der Waals surface area contributed by atoms with Crippen LogP contribution in [0, 0.1) is 0 Å². The molecule has 4 aromatic rings. The summed E-state index contributed by atoms with van der Waals surface area (Å²) in [6, 6.07) is 23.3. The fourth-order valence-corrected chi connectivity index (χ4v) is 5.20. The Labute approximate surface area is 460 Å². The minimum Gasteiger partial charge on any atom is -0.340 e. The number of nitrogens with one attached hydrogen (secondary N) is 1. The number of urea groups is 1. The third-order valence-electron chi connectivity index (χ3n) is 8.53. The Balaban J connectivity index is -0.0000000507. The van der Waals surface area contributed by atoms with Crippen molar-refractivity contribution in [2.45, 2.75) is 267 Å². The van der Waals surface area contributed by atoms with Crippen molar-refractivity contribution < 1.29 is 9.59 Å². The minimum absolute atomic E-state index is 0. The number of rotatable bonds is 6. The molecular formula is C63H133N7O3. The smallest absolute Gasteiger partial charge is 0.317 e. The van der Waals surface area contributed by atoms with Crippen LogP contribution in [-0.4, -0.2) is 72.8 Å². The molecule has 0 spiro atoms. The highest BCUT2D eigenvalue weighted by Gasteiger charge is 2.22. The number of benzene rings is 1. The summed E-state index contributed by atoms with van der Waals surface area (Å²) in [5.41, 5.74) is 2.78. The summed E-state index contributed by atoms with van der Waals surface area (Å²) in [4.78, 5) is 40.6. The number of amides is 3. The molecule has 3 aromatic heterocycles. The van der Waals surface area contributed by atoms with Gasteiger partial charge in [-0.25, -0.2) is 4.79 Å². The first-order valence-electron chi connectivity index (χ1n) is 25.5. The molecule has 438 valence electrons. The number of nitrogens with zero attached hydrogens (tertiary/aromatic N) is 6. The first-order chi connectivity index (χ1) is 31.6. The second kappa shape index (κ2) is 71.5. The molecule has 0 aliphatic carbocycles. The van der Waals surface area contributed by atoms with E-state index in [0.717, 1.165) is 32.5 Å². The Bertz CT molecular complexity index is 1530. The van der Waals surface area contributed by atoms with Gasteiger partial charge < -0.3 is 19.7 Å². The van der Waals surface area contributed by atoms with E-state index in [2.05, 4.69) is 101 Å². The summed E-state index contributed by atoms with van der Waals surface area (Å²) >= 11 is 0. The predicted octanol–water partition coefficient (Wildman–Crippen LogP) is 20.0. The number of carbonyl (C=O) groups is 2. The lowest BCUT2D eigenvalue weighted by Gasteiger charge is -2.19. The zero-order valence-electron chi connectivity index (χ0n) is 47.1. The molecule has 0 unspecified atom stereocenters. The largest absolute Gasteiger partial charge is 0.340 e. The van der Waals surface area contributed by atoms with Gasteiger partial charge in [-0.15, -0.1) is 0 Å². The summed E-state index contributed by atoms with van der Waals surface area (Å²) < 4.78 is 3.61. The van der Waals surface area contributed by atoms with Crippen molar-refractivity contribution in [1.29, 1.82) is 0 Å². The van der Waals surface area contributed by atoms with Gasteiger partial charge in [-0.3, -0.25) is 19.3 Å². The van der Waals surface area contributed by atoms with Gasteiger partial charge in [0.05, 0.1) is 0 Å². The van der Waals surface area contributed by atoms with Crippen LogP contribution in [0.2, 0.25) is 0 Å². The van der Waals surface area contributed by atoms with Crippen molar-refractivity contribution in [3.05, 3.63) is 119 Å². The molecule has 2 saturated heterocycles. The molecule has 1 aromatic carbocycles. The quantitative estimate of drug-likeness (QED) is 0.207. The highest BCUT2D eigenvalue weighted by Crippen LogP contribution is 2.13. The molecule has 0 atom stereocenters. The van der Waals surface area contributed by atoms with Gasteiger partial charge in [0.2, 0.25) is 5.91 Å². The minimum atomic E-state index is 0. The maximum absolute atomic E-state index is 11.0. The van der Waals surface area contributed by atoms with E-state index < -0.39 is 0 Å². The number of aromatic nitrogens is 4. The van der Waals surface area contributed by atoms with Gasteiger partial charge in [-0.2, -0.15) is 5.10 Å². The monoisotopic (exact) mass is 1040 g/mol. The molecule has 0 saturated carbocycles. The van der Waals surface area contributed by atoms with Crippen molar-refractivity contribution in [2.24, 2.45) is 0 Å². The van der Waals surface area contributed by atoms with Gasteiger partial charge >= 0.3 is 6.03 Å². The molecule has 1 N–H and O–H groups in total. The molecule has 6 rings (SSSR count). The van der Waals surface area contributed by atoms with Crippen molar-refractivity contribution in [2.75, 3.05) is 19.6 Å². The Morgan fingerprint density at radius 2 is 0.918 bits per heavy atom. The topological polar surface area (TPSA) is 105 Å². The van der Waals surface area contributed by atoms with Crippen LogP contribution in [-0.2, 0) is 4.79 Å². The third-order valence-corrected chi connectivity index (χ3v) is 8.53. The van der Waals surface area contributed by atoms with Crippen molar-refractivity contribution in [3.63, 3.8) is 0 Å². The number of carbonyl (C=O) groups excluding carboxylic acids is 2. The molecule has 2 aliphatic heterocycles. The molecule has 10 heteroatoms. The molecule has 0 bridgehead atoms. The van der Waals surface area contributed by atoms with Crippen molar-refractivity contribution >= 4 is 11.9 Å². The highest BCUT2D eigenvalue weighted by atomic mass is 16.2. The standard InChI is InChI=1S/C9H12.C8H11NO.C8H11N.C7H13NO.C6H12N2O.C6H10N2.6C2H6.7CH4/c1-8(2)9-6-4-3-5-7-9;1-7(2)9-6-4-3-5-8(9)10;1-7(2)8-4-3-5-9-6-8;1-6(2)8-5-3-4-7(8)9;1-5(2)8-4-3-7-6(8)9;1-6(2)8-5-3-4-7-8;6*1-2;;;;;;;/h3-8H,1-2H3;3-7H,1-2H3;3-7H,1-2H3;6H,3-5H2,1-2H3;5H,3-4H2,1-2H3,(H,7,9);3-6H,1-2H3;6*1-2H3;7*1H4. The van der Waals surface area contributed by atoms with Crippen LogP contribution in [0.15, 0.2) is 103 Å². The summed E-state index contributed by atoms with van der Waals surface area (Å²) in [5.74, 6) is 1.58. The Kier molecular flexibility index (Phi) is 99.1. The average Bonchev–Trinajstić information content (AvgIpc) is 4.16. The maximum Gasteiger partial charge on any atom is 0.317 e. The summed E-state index contributed by atoms with van der Waals surface area (Å²) in [7, 11) is 0. The van der Waals surface area contributed by atoms with E-state index in [1.165, 1.54) is 11.1 Å². The van der Waals surface area contributed by atoms with E-state index in [1.54, 1.807) is 35.3 Å². The Hall–Kier alpha value is -4.73. The number of hydrogen-bond donors (Lipinski definition) is 1. The molecule has 2 fully saturated rings. The van der Waals surface area contributed by atoms with E-state index in [4.69, 9.17) is 0 Å². The molecule has 5 heterocycles. The van der Waals surface area contributed by atoms with Crippen LogP contribution < -0.4 is 10.9 Å². The second-order valence-corrected chi connectivity index (χ2v) is 14.9. The summed E-state index contributed by atoms with van der Waals surface area (Å²) in [6.45, 7) is 51.7. The number of hydrogen-bond acceptors (Lipinski definition) is 5. The zero-order chi connectivity index (χ0) is 52.6. The molecule has 3 amide bonds. The highest BCUT2D eigenvalue weighted by molar-refractivity contribution is 5.78. The van der Waals surface area contributed by atoms with Gasteiger partial charge in [-0.05, 0) is 103 Å². The summed E-state index contributed by atoms with van der Waals surface area (Å²) in [5, 5.41) is 6.77. The third kappa shape index (κ3) is 53.4. The SMILES string of the molecule is C.C.C.C.C.C.C.CC.CC.CC.CC.CC.CC.CC(C)N1CCCC1=O.CC(C)N1CCNC1=O.CC(C)c1ccccc1.CC(C)c1cccnc1.CC(C)n1ccccc1=O.CC(C)n1cccn1. The molecule has 0 radical (unpaired) electrons. The van der Waals surface area contributed by atoms with Crippen LogP contribution in [0.1, 0.15) is 266 Å². The normalized spacial score (nSPS) is 10.3. The molecule has 10 nitrogen and oxygen atoms in total. The van der Waals surface area contributed by atoms with Gasteiger partial charge in [-0.1, -0.05) is 205 Å². The van der Waals surface area contributed by atoms with Gasteiger partial charge in [0, 0.05) is 87.3 Å². The number of pyridine rings is 2. The van der Waals surface area contributed by atoms with Crippen LogP contribution >= 0.6 is 0 Å². The fourth-order valence-electron chi connectivity index (χ4n) is 5.20. The average molecular weight is 1040 g/mol. The maximum atomic E-state index is 11.0. The lowest BCUT2D eigenvalue weighted by atomic mass is 10.0. The lowest BCUT2D eigenvalue weighted by Crippen LogP contribution is -2.33. The number of likely N-dealkylation sites (tertiary alicyclic amines) is 1. The van der Waals surface area contributed by atoms with Crippen molar-refractivity contribution in [3.8, 4) is 0 Å². The lowest BCUT2D eigenvalue weighted by molar-refractivity contribution is -0.129. The predicted molar refractivity (Wildman–Crippen MR) is 339 cm³/mol. The van der Waals surface area contributed by atoms with Gasteiger partial charge in [0.1, 0.15) is 0 Å². The van der Waals surface area contributed by atoms with Gasteiger partial charge in [0.25, 0.3) is 5.56 Å². The molecule has 73 heavy (non-hydrogen) atoms. The van der Waals surface area contributed by atoms with Crippen LogP contribution in [0.3, 0.4) is 0 Å². The first kappa shape index (κ1) is 101. The van der Waals surface area contributed by atoms with Gasteiger partial charge in [0.15, 0.2) is 0 Å². The Morgan fingerprint density at radius 3 is 1.14 bits per heavy atom. The summed E-state index contributed by atoms with van der Waals surface area (Å²) in [6.07, 6.45) is 11.1. The van der Waals surface area contributed by atoms with Crippen LogP contribution in [0.5, 0.6) is 0 Å². The Morgan fingerprint density at radius 1 is 0.466 bits per heavy atom. The second-order valence-electron chi connectivity index (χ2n) is 14.9. The van der Waals surface area contributed by atoms with E-state index >= 15 is 0 Å². The van der Waals surface area contributed by atoms with E-state index in [9.17, 15) is 14.4 Å². The van der Waals surface area contributed by atoms with Crippen molar-refractivity contribution in [1.82, 2.24) is 34.4 Å². The molecular weight excluding hydrogens is 903 g/mol. The fraction of sp³-hybridized carbons (Fsp3) is 0.667. The van der Waals surface area contributed by atoms with E-state index in [-0.39, 0.29) is 69.6 Å².